The summed E-state index contributed by atoms with van der Waals surface area (Å²) >= 11 is 0. The third-order valence-electron chi connectivity index (χ3n) is 3.27. The van der Waals surface area contributed by atoms with Gasteiger partial charge in [0, 0.05) is 11.7 Å². The maximum Gasteiger partial charge on any atom is 0.0342 e. The van der Waals surface area contributed by atoms with E-state index in [1.54, 1.807) is 0 Å². The molecule has 0 bridgehead atoms. The van der Waals surface area contributed by atoms with Crippen LogP contribution < -0.4 is 5.32 Å². The summed E-state index contributed by atoms with van der Waals surface area (Å²) in [5.41, 5.74) is 2.60. The molecule has 0 unspecified atom stereocenters. The summed E-state index contributed by atoms with van der Waals surface area (Å²) in [4.78, 5) is 0. The van der Waals surface area contributed by atoms with Gasteiger partial charge < -0.3 is 5.32 Å². The van der Waals surface area contributed by atoms with Crippen molar-refractivity contribution < 1.29 is 0 Å². The van der Waals surface area contributed by atoms with Crippen molar-refractivity contribution in [2.24, 2.45) is 5.92 Å². The predicted octanol–water partition coefficient (Wildman–Crippen LogP) is 3.60. The summed E-state index contributed by atoms with van der Waals surface area (Å²) in [7, 11) is 0. The maximum absolute atomic E-state index is 3.62. The first-order valence-corrected chi connectivity index (χ1v) is 5.59. The van der Waals surface area contributed by atoms with E-state index in [0.717, 1.165) is 5.92 Å². The van der Waals surface area contributed by atoms with Crippen molar-refractivity contribution in [1.29, 1.82) is 0 Å². The first-order chi connectivity index (χ1) is 6.75. The molecule has 0 saturated heterocycles. The number of rotatable bonds is 2. The standard InChI is InChI=1S/C13H19N/c1-10-6-8-12(9-7-10)14-13-5-3-4-11(13)2/h6-9,11,13-14H,3-5H2,1-2H3/t11-,13+/m0/s1. The van der Waals surface area contributed by atoms with Gasteiger partial charge in [-0.1, -0.05) is 31.0 Å². The molecule has 1 heteroatoms. The molecule has 76 valence electrons. The van der Waals surface area contributed by atoms with E-state index in [2.05, 4.69) is 43.4 Å². The molecule has 1 N–H and O–H groups in total. The predicted molar refractivity (Wildman–Crippen MR) is 61.6 cm³/mol. The van der Waals surface area contributed by atoms with E-state index in [4.69, 9.17) is 0 Å². The number of aryl methyl sites for hydroxylation is 1. The Kier molecular flexibility index (Phi) is 2.76. The Balaban J connectivity index is 2.00. The van der Waals surface area contributed by atoms with Crippen LogP contribution in [0.15, 0.2) is 24.3 Å². The van der Waals surface area contributed by atoms with Crippen molar-refractivity contribution in [3.8, 4) is 0 Å². The Morgan fingerprint density at radius 3 is 2.43 bits per heavy atom. The fraction of sp³-hybridized carbons (Fsp3) is 0.538. The van der Waals surface area contributed by atoms with Crippen molar-refractivity contribution in [3.63, 3.8) is 0 Å². The Morgan fingerprint density at radius 1 is 1.14 bits per heavy atom. The van der Waals surface area contributed by atoms with Gasteiger partial charge in [-0.05, 0) is 37.8 Å². The number of nitrogens with one attached hydrogen (secondary N) is 1. The number of benzene rings is 1. The maximum atomic E-state index is 3.62. The Labute approximate surface area is 86.5 Å². The van der Waals surface area contributed by atoms with E-state index in [-0.39, 0.29) is 0 Å². The molecule has 0 heterocycles. The lowest BCUT2D eigenvalue weighted by molar-refractivity contribution is 0.556. The fourth-order valence-electron chi connectivity index (χ4n) is 2.22. The monoisotopic (exact) mass is 189 g/mol. The average Bonchev–Trinajstić information content (AvgIpc) is 2.56. The van der Waals surface area contributed by atoms with Crippen LogP contribution in [0.2, 0.25) is 0 Å². The number of hydrogen-bond acceptors (Lipinski definition) is 1. The fourth-order valence-corrected chi connectivity index (χ4v) is 2.22. The van der Waals surface area contributed by atoms with E-state index in [1.807, 2.05) is 0 Å². The lowest BCUT2D eigenvalue weighted by Crippen LogP contribution is -2.21. The van der Waals surface area contributed by atoms with Gasteiger partial charge in [0.25, 0.3) is 0 Å². The van der Waals surface area contributed by atoms with Crippen LogP contribution in [-0.2, 0) is 0 Å². The van der Waals surface area contributed by atoms with Gasteiger partial charge in [0.2, 0.25) is 0 Å². The highest BCUT2D eigenvalue weighted by molar-refractivity contribution is 5.45. The Morgan fingerprint density at radius 2 is 1.86 bits per heavy atom. The highest BCUT2D eigenvalue weighted by Gasteiger charge is 2.22. The molecule has 1 aliphatic carbocycles. The zero-order valence-electron chi connectivity index (χ0n) is 9.09. The molecule has 2 rings (SSSR count). The SMILES string of the molecule is Cc1ccc(N[C@@H]2CCC[C@@H]2C)cc1. The van der Waals surface area contributed by atoms with Gasteiger partial charge >= 0.3 is 0 Å². The summed E-state index contributed by atoms with van der Waals surface area (Å²) in [5, 5.41) is 3.62. The minimum absolute atomic E-state index is 0.692. The highest BCUT2D eigenvalue weighted by atomic mass is 14.9. The molecule has 2 atom stereocenters. The molecule has 1 aromatic rings. The van der Waals surface area contributed by atoms with Crippen molar-refractivity contribution in [2.45, 2.75) is 39.2 Å². The topological polar surface area (TPSA) is 12.0 Å². The lowest BCUT2D eigenvalue weighted by atomic mass is 10.1. The third kappa shape index (κ3) is 2.09. The minimum Gasteiger partial charge on any atom is -0.382 e. The van der Waals surface area contributed by atoms with E-state index >= 15 is 0 Å². The van der Waals surface area contributed by atoms with E-state index in [9.17, 15) is 0 Å². The summed E-state index contributed by atoms with van der Waals surface area (Å²) in [6.07, 6.45) is 4.09. The van der Waals surface area contributed by atoms with Crippen LogP contribution in [0.3, 0.4) is 0 Å². The number of anilines is 1. The summed E-state index contributed by atoms with van der Waals surface area (Å²) in [6.45, 7) is 4.47. The molecule has 1 fully saturated rings. The molecule has 14 heavy (non-hydrogen) atoms. The summed E-state index contributed by atoms with van der Waals surface area (Å²) in [6, 6.07) is 9.39. The second-order valence-corrected chi connectivity index (χ2v) is 4.53. The first kappa shape index (κ1) is 9.57. The Bertz CT molecular complexity index is 289. The second kappa shape index (κ2) is 4.04. The smallest absolute Gasteiger partial charge is 0.0342 e. The molecule has 1 aliphatic rings. The van der Waals surface area contributed by atoms with E-state index in [0.29, 0.717) is 6.04 Å². The first-order valence-electron chi connectivity index (χ1n) is 5.59. The van der Waals surface area contributed by atoms with Gasteiger partial charge in [-0.3, -0.25) is 0 Å². The van der Waals surface area contributed by atoms with Crippen molar-refractivity contribution >= 4 is 5.69 Å². The van der Waals surface area contributed by atoms with Crippen molar-refractivity contribution in [1.82, 2.24) is 0 Å². The largest absolute Gasteiger partial charge is 0.382 e. The molecule has 0 amide bonds. The van der Waals surface area contributed by atoms with Crippen LogP contribution in [0.25, 0.3) is 0 Å². The van der Waals surface area contributed by atoms with Crippen LogP contribution in [-0.4, -0.2) is 6.04 Å². The van der Waals surface area contributed by atoms with Gasteiger partial charge in [-0.2, -0.15) is 0 Å². The van der Waals surface area contributed by atoms with Crippen molar-refractivity contribution in [3.05, 3.63) is 29.8 Å². The second-order valence-electron chi connectivity index (χ2n) is 4.53. The normalized spacial score (nSPS) is 26.4. The van der Waals surface area contributed by atoms with Gasteiger partial charge in [-0.15, -0.1) is 0 Å². The molecule has 1 saturated carbocycles. The Hall–Kier alpha value is -0.980. The van der Waals surface area contributed by atoms with E-state index < -0.39 is 0 Å². The molecule has 0 radical (unpaired) electrons. The lowest BCUT2D eigenvalue weighted by Gasteiger charge is -2.18. The molecule has 1 nitrogen and oxygen atoms in total. The third-order valence-corrected chi connectivity index (χ3v) is 3.27. The average molecular weight is 189 g/mol. The van der Waals surface area contributed by atoms with Crippen LogP contribution in [0.5, 0.6) is 0 Å². The zero-order valence-corrected chi connectivity index (χ0v) is 9.09. The molecule has 0 aliphatic heterocycles. The minimum atomic E-state index is 0.692. The van der Waals surface area contributed by atoms with Gasteiger partial charge in [0.15, 0.2) is 0 Å². The molecular formula is C13H19N. The highest BCUT2D eigenvalue weighted by Crippen LogP contribution is 2.27. The quantitative estimate of drug-likeness (QED) is 0.749. The molecular weight excluding hydrogens is 170 g/mol. The summed E-state index contributed by atoms with van der Waals surface area (Å²) < 4.78 is 0. The van der Waals surface area contributed by atoms with E-state index in [1.165, 1.54) is 30.5 Å². The van der Waals surface area contributed by atoms with Crippen LogP contribution in [0.1, 0.15) is 31.7 Å². The van der Waals surface area contributed by atoms with Crippen molar-refractivity contribution in [2.75, 3.05) is 5.32 Å². The van der Waals surface area contributed by atoms with Gasteiger partial charge in [-0.25, -0.2) is 0 Å². The molecule has 0 spiro atoms. The van der Waals surface area contributed by atoms with Gasteiger partial charge in [0.05, 0.1) is 0 Å². The number of hydrogen-bond donors (Lipinski definition) is 1. The van der Waals surface area contributed by atoms with Gasteiger partial charge in [0.1, 0.15) is 0 Å². The van der Waals surface area contributed by atoms with Crippen LogP contribution in [0.4, 0.5) is 5.69 Å². The van der Waals surface area contributed by atoms with Crippen LogP contribution >= 0.6 is 0 Å². The zero-order chi connectivity index (χ0) is 9.97. The molecule has 1 aromatic carbocycles. The van der Waals surface area contributed by atoms with Crippen LogP contribution in [0, 0.1) is 12.8 Å². The molecule has 0 aromatic heterocycles. The summed E-state index contributed by atoms with van der Waals surface area (Å²) in [5.74, 6) is 0.830.